The van der Waals surface area contributed by atoms with E-state index in [4.69, 9.17) is 10.5 Å². The zero-order valence-corrected chi connectivity index (χ0v) is 14.0. The first kappa shape index (κ1) is 16.6. The first-order valence-electron chi connectivity index (χ1n) is 7.87. The van der Waals surface area contributed by atoms with Gasteiger partial charge in [0, 0.05) is 6.20 Å². The summed E-state index contributed by atoms with van der Waals surface area (Å²) in [7, 11) is 0. The number of nitrogens with zero attached hydrogens (tertiary/aromatic N) is 2. The van der Waals surface area contributed by atoms with Gasteiger partial charge in [-0.05, 0) is 44.2 Å². The predicted molar refractivity (Wildman–Crippen MR) is 96.5 cm³/mol. The summed E-state index contributed by atoms with van der Waals surface area (Å²) in [5, 5.41) is 0. The van der Waals surface area contributed by atoms with Gasteiger partial charge in [0.1, 0.15) is 17.3 Å². The summed E-state index contributed by atoms with van der Waals surface area (Å²) in [4.78, 5) is 8.56. The van der Waals surface area contributed by atoms with Gasteiger partial charge in [-0.2, -0.15) is 0 Å². The van der Waals surface area contributed by atoms with E-state index in [-0.39, 0.29) is 11.4 Å². The van der Waals surface area contributed by atoms with E-state index in [1.54, 1.807) is 30.5 Å². The summed E-state index contributed by atoms with van der Waals surface area (Å²) in [6.07, 6.45) is 3.29. The molecule has 0 spiro atoms. The van der Waals surface area contributed by atoms with E-state index in [1.807, 2.05) is 38.1 Å². The van der Waals surface area contributed by atoms with Crippen molar-refractivity contribution in [2.75, 3.05) is 0 Å². The number of hydrogen-bond donors (Lipinski definition) is 1. The standard InChI is InChI=1S/C20H18FN3O/c1-3-16(22)17-11-12-23-20(24-17)19-15(21)5-4-6-18(19)25-14-9-7-13(2)8-10-14/h3-12H,22H2,1-2H3/b16-3-. The summed E-state index contributed by atoms with van der Waals surface area (Å²) < 4.78 is 20.4. The molecule has 0 aliphatic heterocycles. The molecule has 3 rings (SSSR count). The van der Waals surface area contributed by atoms with Crippen molar-refractivity contribution in [3.63, 3.8) is 0 Å². The Labute approximate surface area is 145 Å². The van der Waals surface area contributed by atoms with Crippen LogP contribution < -0.4 is 10.5 Å². The molecule has 2 aromatic carbocycles. The number of halogens is 1. The second-order valence-electron chi connectivity index (χ2n) is 5.54. The molecule has 0 saturated heterocycles. The molecule has 1 heterocycles. The van der Waals surface area contributed by atoms with Crippen molar-refractivity contribution in [3.8, 4) is 22.9 Å². The highest BCUT2D eigenvalue weighted by Gasteiger charge is 2.16. The van der Waals surface area contributed by atoms with Crippen molar-refractivity contribution in [2.45, 2.75) is 13.8 Å². The summed E-state index contributed by atoms with van der Waals surface area (Å²) in [6, 6.07) is 13.8. The van der Waals surface area contributed by atoms with Crippen LogP contribution in [0.3, 0.4) is 0 Å². The number of aromatic nitrogens is 2. The van der Waals surface area contributed by atoms with Crippen LogP contribution in [-0.2, 0) is 0 Å². The molecule has 0 saturated carbocycles. The molecule has 1 aromatic heterocycles. The smallest absolute Gasteiger partial charge is 0.166 e. The van der Waals surface area contributed by atoms with Crippen molar-refractivity contribution in [1.82, 2.24) is 9.97 Å². The van der Waals surface area contributed by atoms with Crippen molar-refractivity contribution in [3.05, 3.63) is 77.9 Å². The van der Waals surface area contributed by atoms with E-state index in [9.17, 15) is 4.39 Å². The minimum absolute atomic E-state index is 0.203. The molecule has 25 heavy (non-hydrogen) atoms. The third-order valence-electron chi connectivity index (χ3n) is 3.71. The Balaban J connectivity index is 2.06. The molecule has 3 aromatic rings. The fourth-order valence-electron chi connectivity index (χ4n) is 2.33. The highest BCUT2D eigenvalue weighted by molar-refractivity contribution is 5.68. The molecule has 0 atom stereocenters. The Morgan fingerprint density at radius 2 is 1.88 bits per heavy atom. The summed E-state index contributed by atoms with van der Waals surface area (Å²) in [5.74, 6) is 0.727. The van der Waals surface area contributed by atoms with Gasteiger partial charge in [0.2, 0.25) is 0 Å². The zero-order valence-electron chi connectivity index (χ0n) is 14.0. The average Bonchev–Trinajstić information content (AvgIpc) is 2.63. The number of ether oxygens (including phenoxy) is 1. The lowest BCUT2D eigenvalue weighted by Gasteiger charge is -2.12. The lowest BCUT2D eigenvalue weighted by atomic mass is 10.1. The normalized spacial score (nSPS) is 11.4. The zero-order chi connectivity index (χ0) is 17.8. The Morgan fingerprint density at radius 3 is 2.60 bits per heavy atom. The van der Waals surface area contributed by atoms with Gasteiger partial charge in [0.05, 0.1) is 17.0 Å². The highest BCUT2D eigenvalue weighted by Crippen LogP contribution is 2.34. The third kappa shape index (κ3) is 3.66. The first-order chi connectivity index (χ1) is 12.1. The van der Waals surface area contributed by atoms with Crippen molar-refractivity contribution >= 4 is 5.70 Å². The average molecular weight is 335 g/mol. The van der Waals surface area contributed by atoms with Crippen molar-refractivity contribution in [2.24, 2.45) is 5.73 Å². The quantitative estimate of drug-likeness (QED) is 0.750. The van der Waals surface area contributed by atoms with Crippen LogP contribution in [-0.4, -0.2) is 9.97 Å². The fraction of sp³-hybridized carbons (Fsp3) is 0.100. The van der Waals surface area contributed by atoms with Gasteiger partial charge in [-0.15, -0.1) is 0 Å². The first-order valence-corrected chi connectivity index (χ1v) is 7.87. The van der Waals surface area contributed by atoms with Gasteiger partial charge in [0.15, 0.2) is 5.82 Å². The topological polar surface area (TPSA) is 61.0 Å². The molecule has 2 N–H and O–H groups in total. The number of nitrogens with two attached hydrogens (primary N) is 1. The molecule has 4 nitrogen and oxygen atoms in total. The molecule has 0 fully saturated rings. The molecule has 0 aliphatic rings. The molecular weight excluding hydrogens is 317 g/mol. The largest absolute Gasteiger partial charge is 0.456 e. The molecule has 126 valence electrons. The minimum atomic E-state index is -0.458. The number of hydrogen-bond acceptors (Lipinski definition) is 4. The molecule has 0 amide bonds. The van der Waals surface area contributed by atoms with E-state index < -0.39 is 5.82 Å². The van der Waals surface area contributed by atoms with E-state index in [0.717, 1.165) is 5.56 Å². The number of rotatable bonds is 4. The maximum Gasteiger partial charge on any atom is 0.166 e. The Kier molecular flexibility index (Phi) is 4.75. The highest BCUT2D eigenvalue weighted by atomic mass is 19.1. The second kappa shape index (κ2) is 7.13. The monoisotopic (exact) mass is 335 g/mol. The van der Waals surface area contributed by atoms with Gasteiger partial charge in [0.25, 0.3) is 0 Å². The van der Waals surface area contributed by atoms with Gasteiger partial charge in [-0.25, -0.2) is 14.4 Å². The van der Waals surface area contributed by atoms with Crippen LogP contribution in [0.2, 0.25) is 0 Å². The third-order valence-corrected chi connectivity index (χ3v) is 3.71. The number of aryl methyl sites for hydroxylation is 1. The Hall–Kier alpha value is -3.21. The van der Waals surface area contributed by atoms with E-state index in [1.165, 1.54) is 6.07 Å². The fourth-order valence-corrected chi connectivity index (χ4v) is 2.33. The maximum atomic E-state index is 14.5. The summed E-state index contributed by atoms with van der Waals surface area (Å²) in [6.45, 7) is 3.80. The second-order valence-corrected chi connectivity index (χ2v) is 5.54. The van der Waals surface area contributed by atoms with Crippen LogP contribution in [0, 0.1) is 12.7 Å². The maximum absolute atomic E-state index is 14.5. The van der Waals surface area contributed by atoms with Crippen LogP contribution in [0.5, 0.6) is 11.5 Å². The number of allylic oxidation sites excluding steroid dienone is 1. The lowest BCUT2D eigenvalue weighted by molar-refractivity contribution is 0.478. The predicted octanol–water partition coefficient (Wildman–Crippen LogP) is 4.70. The number of benzene rings is 2. The molecular formula is C20H18FN3O. The van der Waals surface area contributed by atoms with Crippen LogP contribution in [0.4, 0.5) is 4.39 Å². The van der Waals surface area contributed by atoms with Crippen LogP contribution in [0.1, 0.15) is 18.2 Å². The molecule has 0 bridgehead atoms. The molecule has 0 unspecified atom stereocenters. The minimum Gasteiger partial charge on any atom is -0.456 e. The van der Waals surface area contributed by atoms with Crippen LogP contribution in [0.15, 0.2) is 60.8 Å². The molecule has 0 radical (unpaired) electrons. The van der Waals surface area contributed by atoms with Gasteiger partial charge in [-0.1, -0.05) is 29.8 Å². The molecule has 0 aliphatic carbocycles. The Bertz CT molecular complexity index is 920. The SMILES string of the molecule is C/C=C(\N)c1ccnc(-c2c(F)cccc2Oc2ccc(C)cc2)n1. The van der Waals surface area contributed by atoms with Crippen molar-refractivity contribution in [1.29, 1.82) is 0 Å². The Morgan fingerprint density at radius 1 is 1.12 bits per heavy atom. The van der Waals surface area contributed by atoms with Crippen molar-refractivity contribution < 1.29 is 9.13 Å². The summed E-state index contributed by atoms with van der Waals surface area (Å²) >= 11 is 0. The summed E-state index contributed by atoms with van der Waals surface area (Å²) in [5.41, 5.74) is 8.26. The van der Waals surface area contributed by atoms with E-state index >= 15 is 0 Å². The van der Waals surface area contributed by atoms with E-state index in [0.29, 0.717) is 22.9 Å². The van der Waals surface area contributed by atoms with Gasteiger partial charge < -0.3 is 10.5 Å². The molecule has 5 heteroatoms. The van der Waals surface area contributed by atoms with Gasteiger partial charge >= 0.3 is 0 Å². The van der Waals surface area contributed by atoms with Gasteiger partial charge in [-0.3, -0.25) is 0 Å². The van der Waals surface area contributed by atoms with Crippen LogP contribution >= 0.6 is 0 Å². The van der Waals surface area contributed by atoms with E-state index in [2.05, 4.69) is 9.97 Å². The van der Waals surface area contributed by atoms with Crippen LogP contribution in [0.25, 0.3) is 17.1 Å². The lowest BCUT2D eigenvalue weighted by Crippen LogP contribution is -2.02.